The Hall–Kier alpha value is -4.89. The summed E-state index contributed by atoms with van der Waals surface area (Å²) < 4.78 is 34.3. The maximum Gasteiger partial charge on any atom is 0.306 e. The third kappa shape index (κ3) is 72.2. The van der Waals surface area contributed by atoms with Gasteiger partial charge in [0.1, 0.15) is 19.8 Å². The molecule has 90 heavy (non-hydrogen) atoms. The van der Waals surface area contributed by atoms with Gasteiger partial charge in [0.05, 0.1) is 27.7 Å². The summed E-state index contributed by atoms with van der Waals surface area (Å²) in [5, 5.41) is 0. The van der Waals surface area contributed by atoms with Crippen molar-refractivity contribution in [1.82, 2.24) is 0 Å². The van der Waals surface area contributed by atoms with Crippen LogP contribution in [0, 0.1) is 0 Å². The monoisotopic (exact) mass is 1260 g/mol. The molecule has 508 valence electrons. The van der Waals surface area contributed by atoms with Gasteiger partial charge in [-0.25, -0.2) is 0 Å². The lowest BCUT2D eigenvalue weighted by Gasteiger charge is -2.28. The molecule has 0 amide bonds. The molecule has 0 aromatic carbocycles. The van der Waals surface area contributed by atoms with Gasteiger partial charge in [-0.2, -0.15) is 0 Å². The lowest BCUT2D eigenvalue weighted by Crippen LogP contribution is -2.37. The van der Waals surface area contributed by atoms with E-state index >= 15 is 0 Å². The summed E-state index contributed by atoms with van der Waals surface area (Å²) in [6.07, 6.45) is 105. The van der Waals surface area contributed by atoms with Gasteiger partial charge < -0.3 is 27.9 Å². The number of carbonyl (C=O) groups is 2. The number of ether oxygens (including phenoxy) is 2. The van der Waals surface area contributed by atoms with E-state index in [4.69, 9.17) is 18.5 Å². The molecule has 0 aromatic rings. The molecule has 0 rings (SSSR count). The van der Waals surface area contributed by atoms with Crippen LogP contribution in [0.25, 0.3) is 0 Å². The van der Waals surface area contributed by atoms with Crippen LogP contribution in [0.2, 0.25) is 0 Å². The Labute approximate surface area is 552 Å². The Morgan fingerprint density at radius 1 is 0.344 bits per heavy atom. The lowest BCUT2D eigenvalue weighted by molar-refractivity contribution is -0.870. The normalized spacial score (nSPS) is 14.2. The molecule has 0 saturated heterocycles. The van der Waals surface area contributed by atoms with E-state index in [2.05, 4.69) is 196 Å². The van der Waals surface area contributed by atoms with Crippen LogP contribution in [0.3, 0.4) is 0 Å². The summed E-state index contributed by atoms with van der Waals surface area (Å²) in [6, 6.07) is 0. The molecule has 2 atom stereocenters. The minimum absolute atomic E-state index is 0.0444. The molecule has 0 aliphatic rings. The van der Waals surface area contributed by atoms with Crippen LogP contribution in [0.5, 0.6) is 0 Å². The van der Waals surface area contributed by atoms with Gasteiger partial charge in [0, 0.05) is 12.8 Å². The predicted molar refractivity (Wildman–Crippen MR) is 387 cm³/mol. The molecule has 0 saturated carbocycles. The zero-order chi connectivity index (χ0) is 65.5. The Bertz CT molecular complexity index is 2170. The number of likely N-dealkylation sites (N-methyl/N-ethyl adjacent to an activating group) is 1. The summed E-state index contributed by atoms with van der Waals surface area (Å²) in [5.41, 5.74) is 0. The van der Waals surface area contributed by atoms with Crippen molar-refractivity contribution in [2.24, 2.45) is 0 Å². The van der Waals surface area contributed by atoms with E-state index in [1.165, 1.54) is 70.6 Å². The van der Waals surface area contributed by atoms with Crippen LogP contribution in [-0.2, 0) is 32.7 Å². The summed E-state index contributed by atoms with van der Waals surface area (Å²) in [4.78, 5) is 38.1. The first-order valence-electron chi connectivity index (χ1n) is 35.5. The van der Waals surface area contributed by atoms with Gasteiger partial charge in [-0.1, -0.05) is 292 Å². The zero-order valence-electron chi connectivity index (χ0n) is 57.8. The maximum absolute atomic E-state index is 12.9. The van der Waals surface area contributed by atoms with Gasteiger partial charge in [-0.3, -0.25) is 14.2 Å². The second-order valence-corrected chi connectivity index (χ2v) is 25.5. The zero-order valence-corrected chi connectivity index (χ0v) is 58.7. The predicted octanol–water partition coefficient (Wildman–Crippen LogP) is 22.9. The highest BCUT2D eigenvalue weighted by Gasteiger charge is 2.22. The largest absolute Gasteiger partial charge is 0.756 e. The number of hydrogen-bond donors (Lipinski definition) is 0. The molecule has 9 nitrogen and oxygen atoms in total. The van der Waals surface area contributed by atoms with Crippen molar-refractivity contribution in [3.8, 4) is 0 Å². The van der Waals surface area contributed by atoms with Gasteiger partial charge in [-0.05, 0) is 135 Å². The number of rotatable bonds is 63. The van der Waals surface area contributed by atoms with E-state index in [1.807, 2.05) is 21.1 Å². The summed E-state index contributed by atoms with van der Waals surface area (Å²) in [6.45, 7) is 3.98. The van der Waals surface area contributed by atoms with Gasteiger partial charge >= 0.3 is 11.9 Å². The third-order valence-corrected chi connectivity index (χ3v) is 15.4. The number of nitrogens with zero attached hydrogens (tertiary/aromatic N) is 1. The number of allylic oxidation sites excluding steroid dienone is 30. The maximum atomic E-state index is 12.9. The van der Waals surface area contributed by atoms with Gasteiger partial charge in [0.15, 0.2) is 6.10 Å². The quantitative estimate of drug-likeness (QED) is 0.0195. The van der Waals surface area contributed by atoms with Crippen molar-refractivity contribution in [2.45, 2.75) is 264 Å². The summed E-state index contributed by atoms with van der Waals surface area (Å²) in [5.74, 6) is -0.866. The van der Waals surface area contributed by atoms with Crippen LogP contribution in [0.15, 0.2) is 182 Å². The first kappa shape index (κ1) is 85.1. The third-order valence-electron chi connectivity index (χ3n) is 14.4. The Balaban J connectivity index is 4.16. The van der Waals surface area contributed by atoms with Crippen molar-refractivity contribution < 1.29 is 42.1 Å². The second kappa shape index (κ2) is 68.5. The van der Waals surface area contributed by atoms with E-state index in [0.29, 0.717) is 17.4 Å². The Kier molecular flexibility index (Phi) is 64.8. The Morgan fingerprint density at radius 3 is 0.889 bits per heavy atom. The standard InChI is InChI=1S/C80H130NO8P/c1-6-8-10-12-14-16-18-20-22-24-26-28-30-32-34-36-38-40-42-44-46-48-50-52-54-56-58-60-62-64-66-68-70-72-79(82)86-76-78(77-88-90(84,85)87-75-74-81(3,4)5)89-80(83)73-71-69-67-65-63-61-59-57-55-53-51-49-47-45-43-41-39-37-35-33-31-29-27-25-23-21-19-17-15-13-11-9-7-2/h8-11,14-17,20-23,26-29,32-35,38-41,45,47,51,53,57,59,78H,6-7,12-13,18-19,24-25,30-31,36-37,42-44,46,48-50,52,54-56,58,60-77H2,1-5H3/b10-8-,11-9-,16-14-,17-15-,22-20-,23-21-,28-26-,29-27-,34-32-,35-33-,40-38-,41-39-,47-45-,53-51-,59-57-. The molecular weight excluding hydrogens is 1130 g/mol. The van der Waals surface area contributed by atoms with Crippen LogP contribution >= 0.6 is 7.82 Å². The molecule has 0 N–H and O–H groups in total. The number of phosphoric acid groups is 1. The van der Waals surface area contributed by atoms with Crippen molar-refractivity contribution in [2.75, 3.05) is 47.5 Å². The van der Waals surface area contributed by atoms with Crippen LogP contribution in [0.4, 0.5) is 0 Å². The summed E-state index contributed by atoms with van der Waals surface area (Å²) >= 11 is 0. The van der Waals surface area contributed by atoms with Crippen LogP contribution in [0.1, 0.15) is 258 Å². The average Bonchev–Trinajstić information content (AvgIpc) is 3.58. The summed E-state index contributed by atoms with van der Waals surface area (Å²) in [7, 11) is 1.13. The fourth-order valence-corrected chi connectivity index (χ4v) is 9.79. The number of unbranched alkanes of at least 4 members (excludes halogenated alkanes) is 19. The molecular formula is C80H130NO8P. The molecule has 2 unspecified atom stereocenters. The number of esters is 2. The van der Waals surface area contributed by atoms with Gasteiger partial charge in [0.25, 0.3) is 7.82 Å². The molecule has 0 aliphatic heterocycles. The van der Waals surface area contributed by atoms with Crippen molar-refractivity contribution in [1.29, 1.82) is 0 Å². The van der Waals surface area contributed by atoms with E-state index in [-0.39, 0.29) is 26.1 Å². The van der Waals surface area contributed by atoms with E-state index in [0.717, 1.165) is 154 Å². The van der Waals surface area contributed by atoms with E-state index < -0.39 is 32.5 Å². The fraction of sp³-hybridized carbons (Fsp3) is 0.600. The van der Waals surface area contributed by atoms with Crippen molar-refractivity contribution in [3.63, 3.8) is 0 Å². The minimum Gasteiger partial charge on any atom is -0.756 e. The number of phosphoric ester groups is 1. The minimum atomic E-state index is -4.66. The molecule has 0 fully saturated rings. The topological polar surface area (TPSA) is 111 Å². The molecule has 0 heterocycles. The number of hydrogen-bond acceptors (Lipinski definition) is 8. The van der Waals surface area contributed by atoms with Crippen LogP contribution < -0.4 is 4.89 Å². The highest BCUT2D eigenvalue weighted by atomic mass is 31.2. The smallest absolute Gasteiger partial charge is 0.306 e. The second-order valence-electron chi connectivity index (χ2n) is 24.1. The molecule has 0 aromatic heterocycles. The van der Waals surface area contributed by atoms with Crippen LogP contribution in [-0.4, -0.2) is 70.0 Å². The number of quaternary nitrogens is 1. The average molecular weight is 1260 g/mol. The van der Waals surface area contributed by atoms with Crippen molar-refractivity contribution >= 4 is 19.8 Å². The molecule has 0 radical (unpaired) electrons. The van der Waals surface area contributed by atoms with Gasteiger partial charge in [0.2, 0.25) is 0 Å². The molecule has 0 bridgehead atoms. The van der Waals surface area contributed by atoms with Crippen molar-refractivity contribution in [3.05, 3.63) is 182 Å². The molecule has 10 heteroatoms. The molecule has 0 spiro atoms. The highest BCUT2D eigenvalue weighted by Crippen LogP contribution is 2.38. The molecule has 0 aliphatic carbocycles. The number of carbonyl (C=O) groups excluding carboxylic acids is 2. The van der Waals surface area contributed by atoms with E-state index in [1.54, 1.807) is 0 Å². The Morgan fingerprint density at radius 2 is 0.600 bits per heavy atom. The highest BCUT2D eigenvalue weighted by molar-refractivity contribution is 7.45. The van der Waals surface area contributed by atoms with E-state index in [9.17, 15) is 19.0 Å². The first-order chi connectivity index (χ1) is 44.0. The van der Waals surface area contributed by atoms with Gasteiger partial charge in [-0.15, -0.1) is 0 Å². The first-order valence-corrected chi connectivity index (χ1v) is 37.0. The lowest BCUT2D eigenvalue weighted by atomic mass is 10.0. The SMILES string of the molecule is CC/C=C\C/C=C\C/C=C\C/C=C\C/C=C\C/C=C\C/C=C\C/C=C\C/C=C\CCCCCCCC(=O)OC(COC(=O)CCCCCCCCCCCCCCCC/C=C\C/C=C\C/C=C\C/C=C\C/C=C\C/C=C\CC)COP(=O)([O-])OCC[N+](C)(C)C. The fourth-order valence-electron chi connectivity index (χ4n) is 9.06.